The Morgan fingerprint density at radius 2 is 2.07 bits per heavy atom. The second kappa shape index (κ2) is 4.90. The average Bonchev–Trinajstić information content (AvgIpc) is 2.49. The minimum absolute atomic E-state index is 0.184. The third kappa shape index (κ3) is 3.34. The number of hydrogen-bond donors (Lipinski definition) is 2. The molecule has 0 aromatic carbocycles. The first-order chi connectivity index (χ1) is 7.00. The maximum Gasteiger partial charge on any atom is 0.268 e. The van der Waals surface area contributed by atoms with Gasteiger partial charge in [0.2, 0.25) is 5.91 Å². The Morgan fingerprint density at radius 3 is 2.60 bits per heavy atom. The fourth-order valence-electron chi connectivity index (χ4n) is 1.01. The van der Waals surface area contributed by atoms with Crippen molar-refractivity contribution < 1.29 is 9.59 Å². The maximum absolute atomic E-state index is 11.6. The van der Waals surface area contributed by atoms with E-state index in [1.807, 2.05) is 0 Å². The lowest BCUT2D eigenvalue weighted by Gasteiger charge is -2.11. The predicted octanol–water partition coefficient (Wildman–Crippen LogP) is 0.913. The molecule has 0 aliphatic heterocycles. The molecule has 0 fully saturated rings. The lowest BCUT2D eigenvalue weighted by Crippen LogP contribution is -2.36. The zero-order valence-electron chi connectivity index (χ0n) is 8.83. The molecule has 0 atom stereocenters. The van der Waals surface area contributed by atoms with Crippen LogP contribution in [0, 0.1) is 0 Å². The van der Waals surface area contributed by atoms with Crippen LogP contribution in [0.15, 0.2) is 11.4 Å². The summed E-state index contributed by atoms with van der Waals surface area (Å²) in [6, 6.07) is 1.68. The summed E-state index contributed by atoms with van der Waals surface area (Å²) in [6.45, 7) is 1.41. The first kappa shape index (κ1) is 11.7. The standard InChI is InChI=1S/C9H13N3O2S/c1-6(13)10-9-7(4-5-15-9)8(14)11-12(2)3/h4-5H,1-3H3,(H,10,13)(H,11,14). The van der Waals surface area contributed by atoms with Crippen LogP contribution in [0.4, 0.5) is 5.00 Å². The molecule has 1 rings (SSSR count). The highest BCUT2D eigenvalue weighted by Crippen LogP contribution is 2.22. The molecular weight excluding hydrogens is 214 g/mol. The van der Waals surface area contributed by atoms with E-state index < -0.39 is 0 Å². The summed E-state index contributed by atoms with van der Waals surface area (Å²) in [5.41, 5.74) is 3.08. The minimum Gasteiger partial charge on any atom is -0.317 e. The molecule has 2 N–H and O–H groups in total. The van der Waals surface area contributed by atoms with E-state index in [-0.39, 0.29) is 11.8 Å². The zero-order chi connectivity index (χ0) is 11.4. The lowest BCUT2D eigenvalue weighted by molar-refractivity contribution is -0.114. The summed E-state index contributed by atoms with van der Waals surface area (Å²) in [5.74, 6) is -0.415. The quantitative estimate of drug-likeness (QED) is 0.755. The van der Waals surface area contributed by atoms with Crippen LogP contribution in [0.1, 0.15) is 17.3 Å². The second-order valence-corrected chi connectivity index (χ2v) is 4.10. The third-order valence-corrected chi connectivity index (χ3v) is 2.35. The number of thiophene rings is 1. The molecule has 15 heavy (non-hydrogen) atoms. The smallest absolute Gasteiger partial charge is 0.268 e. The Balaban J connectivity index is 2.80. The molecule has 1 heterocycles. The molecule has 0 saturated carbocycles. The number of rotatable bonds is 3. The highest BCUT2D eigenvalue weighted by atomic mass is 32.1. The van der Waals surface area contributed by atoms with E-state index in [4.69, 9.17) is 0 Å². The molecule has 0 unspecified atom stereocenters. The molecular formula is C9H13N3O2S. The normalized spacial score (nSPS) is 10.1. The molecule has 0 spiro atoms. The molecule has 0 aliphatic carbocycles. The van der Waals surface area contributed by atoms with Crippen molar-refractivity contribution in [1.29, 1.82) is 0 Å². The number of anilines is 1. The Hall–Kier alpha value is -1.40. The van der Waals surface area contributed by atoms with Crippen LogP contribution < -0.4 is 10.7 Å². The number of nitrogens with one attached hydrogen (secondary N) is 2. The molecule has 0 aliphatic rings. The van der Waals surface area contributed by atoms with Crippen molar-refractivity contribution in [3.63, 3.8) is 0 Å². The van der Waals surface area contributed by atoms with Gasteiger partial charge in [0.25, 0.3) is 5.91 Å². The van der Waals surface area contributed by atoms with Crippen molar-refractivity contribution in [2.75, 3.05) is 19.4 Å². The van der Waals surface area contributed by atoms with Crippen LogP contribution in [0.2, 0.25) is 0 Å². The summed E-state index contributed by atoms with van der Waals surface area (Å²) < 4.78 is 0. The van der Waals surface area contributed by atoms with Crippen LogP contribution >= 0.6 is 11.3 Å². The molecule has 0 bridgehead atoms. The van der Waals surface area contributed by atoms with Gasteiger partial charge < -0.3 is 5.32 Å². The molecule has 1 aromatic rings. The van der Waals surface area contributed by atoms with Gasteiger partial charge in [0.1, 0.15) is 5.00 Å². The summed E-state index contributed by atoms with van der Waals surface area (Å²) in [7, 11) is 3.45. The molecule has 0 saturated heterocycles. The molecule has 5 nitrogen and oxygen atoms in total. The Morgan fingerprint density at radius 1 is 1.40 bits per heavy atom. The predicted molar refractivity (Wildman–Crippen MR) is 59.8 cm³/mol. The van der Waals surface area contributed by atoms with Gasteiger partial charge >= 0.3 is 0 Å². The molecule has 1 aromatic heterocycles. The summed E-state index contributed by atoms with van der Waals surface area (Å²) >= 11 is 1.32. The number of hydrogen-bond acceptors (Lipinski definition) is 4. The summed E-state index contributed by atoms with van der Waals surface area (Å²) in [5, 5.41) is 6.49. The van der Waals surface area contributed by atoms with E-state index in [9.17, 15) is 9.59 Å². The number of carbonyl (C=O) groups excluding carboxylic acids is 2. The van der Waals surface area contributed by atoms with Gasteiger partial charge in [-0.25, -0.2) is 5.01 Å². The molecule has 2 amide bonds. The zero-order valence-corrected chi connectivity index (χ0v) is 9.64. The van der Waals surface area contributed by atoms with Crippen molar-refractivity contribution in [3.05, 3.63) is 17.0 Å². The molecule has 0 radical (unpaired) electrons. The van der Waals surface area contributed by atoms with Crippen LogP contribution in [0.5, 0.6) is 0 Å². The van der Waals surface area contributed by atoms with E-state index in [1.165, 1.54) is 18.3 Å². The SMILES string of the molecule is CC(=O)Nc1sccc1C(=O)NN(C)C. The lowest BCUT2D eigenvalue weighted by atomic mass is 10.3. The Bertz CT molecular complexity index is 373. The fraction of sp³-hybridized carbons (Fsp3) is 0.333. The maximum atomic E-state index is 11.6. The first-order valence-electron chi connectivity index (χ1n) is 4.34. The van der Waals surface area contributed by atoms with Gasteiger partial charge in [-0.2, -0.15) is 0 Å². The van der Waals surface area contributed by atoms with E-state index in [1.54, 1.807) is 30.6 Å². The van der Waals surface area contributed by atoms with Gasteiger partial charge in [0, 0.05) is 21.0 Å². The summed E-state index contributed by atoms with van der Waals surface area (Å²) in [6.07, 6.45) is 0. The largest absolute Gasteiger partial charge is 0.317 e. The van der Waals surface area contributed by atoms with E-state index in [0.29, 0.717) is 10.6 Å². The van der Waals surface area contributed by atoms with Crippen LogP contribution in [0.25, 0.3) is 0 Å². The molecule has 82 valence electrons. The van der Waals surface area contributed by atoms with Gasteiger partial charge in [-0.1, -0.05) is 0 Å². The number of nitrogens with zero attached hydrogens (tertiary/aromatic N) is 1. The Labute approximate surface area is 92.0 Å². The fourth-order valence-corrected chi connectivity index (χ4v) is 1.84. The second-order valence-electron chi connectivity index (χ2n) is 3.18. The van der Waals surface area contributed by atoms with Crippen LogP contribution in [0.3, 0.4) is 0 Å². The van der Waals surface area contributed by atoms with Crippen molar-refractivity contribution in [2.24, 2.45) is 0 Å². The van der Waals surface area contributed by atoms with Gasteiger partial charge in [0.05, 0.1) is 5.56 Å². The number of hydrazine groups is 1. The van der Waals surface area contributed by atoms with Crippen LogP contribution in [-0.4, -0.2) is 30.9 Å². The average molecular weight is 227 g/mol. The Kier molecular flexibility index (Phi) is 3.81. The van der Waals surface area contributed by atoms with Crippen molar-refractivity contribution in [2.45, 2.75) is 6.92 Å². The number of carbonyl (C=O) groups is 2. The highest BCUT2D eigenvalue weighted by molar-refractivity contribution is 7.14. The minimum atomic E-state index is -0.231. The van der Waals surface area contributed by atoms with E-state index in [0.717, 1.165) is 0 Å². The molecule has 6 heteroatoms. The topological polar surface area (TPSA) is 61.4 Å². The van der Waals surface area contributed by atoms with Crippen molar-refractivity contribution in [1.82, 2.24) is 10.4 Å². The van der Waals surface area contributed by atoms with Crippen molar-refractivity contribution >= 4 is 28.2 Å². The van der Waals surface area contributed by atoms with Gasteiger partial charge in [-0.05, 0) is 11.4 Å². The van der Waals surface area contributed by atoms with E-state index in [2.05, 4.69) is 10.7 Å². The third-order valence-electron chi connectivity index (χ3n) is 1.52. The van der Waals surface area contributed by atoms with E-state index >= 15 is 0 Å². The van der Waals surface area contributed by atoms with Gasteiger partial charge in [0.15, 0.2) is 0 Å². The first-order valence-corrected chi connectivity index (χ1v) is 5.22. The number of amides is 2. The van der Waals surface area contributed by atoms with Gasteiger partial charge in [-0.3, -0.25) is 15.0 Å². The van der Waals surface area contributed by atoms with Crippen LogP contribution in [-0.2, 0) is 4.79 Å². The van der Waals surface area contributed by atoms with Crippen molar-refractivity contribution in [3.8, 4) is 0 Å². The summed E-state index contributed by atoms with van der Waals surface area (Å²) in [4.78, 5) is 22.5. The van der Waals surface area contributed by atoms with Gasteiger partial charge in [-0.15, -0.1) is 11.3 Å². The highest BCUT2D eigenvalue weighted by Gasteiger charge is 2.13. The monoisotopic (exact) mass is 227 g/mol.